The Morgan fingerprint density at radius 1 is 1.50 bits per heavy atom. The lowest BCUT2D eigenvalue weighted by atomic mass is 10.3. The van der Waals surface area contributed by atoms with E-state index in [1.54, 1.807) is 0 Å². The van der Waals surface area contributed by atoms with Gasteiger partial charge in [-0.2, -0.15) is 8.78 Å². The molecule has 4 nitrogen and oxygen atoms in total. The third-order valence-electron chi connectivity index (χ3n) is 1.39. The Morgan fingerprint density at radius 3 is 2.43 bits per heavy atom. The van der Waals surface area contributed by atoms with Crippen LogP contribution >= 0.6 is 11.6 Å². The highest BCUT2D eigenvalue weighted by atomic mass is 35.5. The Morgan fingerprint density at radius 2 is 2.07 bits per heavy atom. The molecule has 0 aliphatic rings. The van der Waals surface area contributed by atoms with E-state index in [-0.39, 0.29) is 18.9 Å². The quantitative estimate of drug-likeness (QED) is 0.680. The second kappa shape index (κ2) is 6.49. The van der Waals surface area contributed by atoms with Crippen molar-refractivity contribution >= 4 is 21.6 Å². The summed E-state index contributed by atoms with van der Waals surface area (Å²) in [5.41, 5.74) is 0. The van der Waals surface area contributed by atoms with E-state index in [1.807, 2.05) is 4.72 Å². The average molecular weight is 252 g/mol. The summed E-state index contributed by atoms with van der Waals surface area (Å²) in [7, 11) is -3.22. The molecule has 0 saturated carbocycles. The zero-order chi connectivity index (χ0) is 11.2. The number of methoxy groups -OCH3 is 1. The van der Waals surface area contributed by atoms with Gasteiger partial charge in [-0.05, 0) is 6.42 Å². The molecule has 0 saturated heterocycles. The molecular weight excluding hydrogens is 240 g/mol. The minimum Gasteiger partial charge on any atom is -0.383 e. The van der Waals surface area contributed by atoms with E-state index < -0.39 is 21.8 Å². The van der Waals surface area contributed by atoms with Crippen molar-refractivity contribution in [2.24, 2.45) is 0 Å². The summed E-state index contributed by atoms with van der Waals surface area (Å²) < 4.78 is 51.8. The minimum absolute atomic E-state index is 0.0126. The van der Waals surface area contributed by atoms with Crippen molar-refractivity contribution in [3.63, 3.8) is 0 Å². The molecule has 1 N–H and O–H groups in total. The first kappa shape index (κ1) is 14.0. The van der Waals surface area contributed by atoms with Crippen LogP contribution in [0.25, 0.3) is 0 Å². The molecule has 0 bridgehead atoms. The summed E-state index contributed by atoms with van der Waals surface area (Å²) in [5.74, 6) is -3.27. The molecule has 0 amide bonds. The fraction of sp³-hybridized carbons (Fsp3) is 1.00. The lowest BCUT2D eigenvalue weighted by Gasteiger charge is -2.16. The topological polar surface area (TPSA) is 55.4 Å². The van der Waals surface area contributed by atoms with Crippen LogP contribution in [0.1, 0.15) is 6.42 Å². The van der Waals surface area contributed by atoms with Gasteiger partial charge in [0.25, 0.3) is 10.0 Å². The van der Waals surface area contributed by atoms with Gasteiger partial charge < -0.3 is 4.74 Å². The zero-order valence-electron chi connectivity index (χ0n) is 7.54. The summed E-state index contributed by atoms with van der Waals surface area (Å²) in [6.45, 7) is 0.0126. The molecule has 0 aromatic carbocycles. The molecule has 0 aliphatic heterocycles. The number of ether oxygens (including phenoxy) is 1. The predicted octanol–water partition coefficient (Wildman–Crippen LogP) is 0.772. The van der Waals surface area contributed by atoms with Crippen LogP contribution in [0.2, 0.25) is 0 Å². The number of rotatable bonds is 7. The van der Waals surface area contributed by atoms with Gasteiger partial charge in [0.15, 0.2) is 0 Å². The van der Waals surface area contributed by atoms with E-state index in [2.05, 4.69) is 4.74 Å². The Bertz CT molecular complexity index is 241. The van der Waals surface area contributed by atoms with Crippen LogP contribution in [0.3, 0.4) is 0 Å². The van der Waals surface area contributed by atoms with Gasteiger partial charge in [0, 0.05) is 19.0 Å². The Kier molecular flexibility index (Phi) is 6.50. The van der Waals surface area contributed by atoms with Gasteiger partial charge in [-0.3, -0.25) is 0 Å². The number of sulfonamides is 1. The lowest BCUT2D eigenvalue weighted by Crippen LogP contribution is -2.41. The van der Waals surface area contributed by atoms with E-state index in [4.69, 9.17) is 11.6 Å². The Labute approximate surface area is 86.6 Å². The molecule has 1 atom stereocenters. The molecule has 0 fully saturated rings. The van der Waals surface area contributed by atoms with Gasteiger partial charge in [0.1, 0.15) is 0 Å². The van der Waals surface area contributed by atoms with Crippen LogP contribution in [0.5, 0.6) is 0 Å². The number of halogens is 3. The van der Waals surface area contributed by atoms with Gasteiger partial charge >= 0.3 is 5.76 Å². The Balaban J connectivity index is 4.28. The van der Waals surface area contributed by atoms with E-state index in [1.165, 1.54) is 7.11 Å². The maximum Gasteiger partial charge on any atom is 0.350 e. The number of alkyl halides is 3. The molecule has 0 heterocycles. The maximum atomic E-state index is 11.9. The molecule has 14 heavy (non-hydrogen) atoms. The fourth-order valence-electron chi connectivity index (χ4n) is 0.793. The summed E-state index contributed by atoms with van der Waals surface area (Å²) in [5, 5.41) is 0. The van der Waals surface area contributed by atoms with E-state index in [9.17, 15) is 17.2 Å². The van der Waals surface area contributed by atoms with Crippen LogP contribution in [-0.4, -0.2) is 39.8 Å². The van der Waals surface area contributed by atoms with Crippen molar-refractivity contribution in [3.8, 4) is 0 Å². The average Bonchev–Trinajstić information content (AvgIpc) is 2.04. The van der Waals surface area contributed by atoms with Crippen LogP contribution < -0.4 is 4.72 Å². The van der Waals surface area contributed by atoms with Gasteiger partial charge in [-0.25, -0.2) is 13.1 Å². The molecule has 0 aromatic rings. The molecule has 86 valence electrons. The number of hydrogen-bond acceptors (Lipinski definition) is 3. The second-order valence-corrected chi connectivity index (χ2v) is 4.61. The summed E-state index contributed by atoms with van der Waals surface area (Å²) in [4.78, 5) is 0. The van der Waals surface area contributed by atoms with E-state index >= 15 is 0 Å². The normalized spacial score (nSPS) is 14.6. The molecular formula is C6H12ClF2NO3S. The fourth-order valence-corrected chi connectivity index (χ4v) is 1.81. The third kappa shape index (κ3) is 5.04. The van der Waals surface area contributed by atoms with Gasteiger partial charge in [0.2, 0.25) is 0 Å². The minimum atomic E-state index is -4.56. The number of nitrogens with one attached hydrogen (secondary N) is 1. The second-order valence-electron chi connectivity index (χ2n) is 2.55. The molecule has 8 heteroatoms. The molecule has 1 unspecified atom stereocenters. The highest BCUT2D eigenvalue weighted by Gasteiger charge is 2.26. The molecule has 0 radical (unpaired) electrons. The van der Waals surface area contributed by atoms with Gasteiger partial charge in [-0.1, -0.05) is 0 Å². The van der Waals surface area contributed by atoms with Crippen LogP contribution in [-0.2, 0) is 14.8 Å². The third-order valence-corrected chi connectivity index (χ3v) is 2.74. The SMILES string of the molecule is COCC(CCCl)NS(=O)(=O)C(F)F. The number of hydrogen-bond donors (Lipinski definition) is 1. The maximum absolute atomic E-state index is 11.9. The molecule has 0 aliphatic carbocycles. The van der Waals surface area contributed by atoms with Crippen LogP contribution in [0, 0.1) is 0 Å². The van der Waals surface area contributed by atoms with Crippen molar-refractivity contribution in [1.29, 1.82) is 0 Å². The smallest absolute Gasteiger partial charge is 0.350 e. The Hall–Kier alpha value is 0.0200. The summed E-state index contributed by atoms with van der Waals surface area (Å²) in [6.07, 6.45) is 0.237. The zero-order valence-corrected chi connectivity index (χ0v) is 9.12. The largest absolute Gasteiger partial charge is 0.383 e. The van der Waals surface area contributed by atoms with Crippen molar-refractivity contribution < 1.29 is 21.9 Å². The van der Waals surface area contributed by atoms with Crippen LogP contribution in [0.15, 0.2) is 0 Å². The van der Waals surface area contributed by atoms with Gasteiger partial charge in [-0.15, -0.1) is 11.6 Å². The van der Waals surface area contributed by atoms with E-state index in [0.717, 1.165) is 0 Å². The first-order valence-electron chi connectivity index (χ1n) is 3.78. The molecule has 0 aromatic heterocycles. The predicted molar refractivity (Wildman–Crippen MR) is 49.1 cm³/mol. The lowest BCUT2D eigenvalue weighted by molar-refractivity contribution is 0.170. The summed E-state index contributed by atoms with van der Waals surface area (Å²) in [6, 6.07) is -0.712. The molecule has 0 spiro atoms. The van der Waals surface area contributed by atoms with Gasteiger partial charge in [0.05, 0.1) is 6.61 Å². The molecule has 0 rings (SSSR count). The first-order valence-corrected chi connectivity index (χ1v) is 5.86. The summed E-state index contributed by atoms with van der Waals surface area (Å²) >= 11 is 5.36. The van der Waals surface area contributed by atoms with Crippen LogP contribution in [0.4, 0.5) is 8.78 Å². The highest BCUT2D eigenvalue weighted by Crippen LogP contribution is 2.05. The monoisotopic (exact) mass is 251 g/mol. The van der Waals surface area contributed by atoms with Crippen molar-refractivity contribution in [1.82, 2.24) is 4.72 Å². The standard InChI is InChI=1S/C6H12ClF2NO3S/c1-13-4-5(2-3-7)10-14(11,12)6(8)9/h5-6,10H,2-4H2,1H3. The van der Waals surface area contributed by atoms with Crippen molar-refractivity contribution in [3.05, 3.63) is 0 Å². The van der Waals surface area contributed by atoms with E-state index in [0.29, 0.717) is 0 Å². The highest BCUT2D eigenvalue weighted by molar-refractivity contribution is 7.89. The van der Waals surface area contributed by atoms with Crippen molar-refractivity contribution in [2.75, 3.05) is 19.6 Å². The van der Waals surface area contributed by atoms with Crippen molar-refractivity contribution in [2.45, 2.75) is 18.2 Å². The first-order chi connectivity index (χ1) is 6.44.